The number of ether oxygens (including phenoxy) is 1. The SMILES string of the molecule is COc1cccc(C[C@@H](NC(=O)[C@H]2CCC(=O)N2)C(=O)O)c1. The topological polar surface area (TPSA) is 105 Å². The molecule has 1 aromatic rings. The second-order valence-electron chi connectivity index (χ2n) is 5.11. The summed E-state index contributed by atoms with van der Waals surface area (Å²) in [4.78, 5) is 34.5. The van der Waals surface area contributed by atoms with Crippen LogP contribution in [0.1, 0.15) is 18.4 Å². The van der Waals surface area contributed by atoms with Gasteiger partial charge in [0.2, 0.25) is 11.8 Å². The Morgan fingerprint density at radius 1 is 1.50 bits per heavy atom. The summed E-state index contributed by atoms with van der Waals surface area (Å²) in [5, 5.41) is 14.3. The minimum absolute atomic E-state index is 0.138. The number of hydrogen-bond acceptors (Lipinski definition) is 4. The molecule has 0 spiro atoms. The first-order valence-electron chi connectivity index (χ1n) is 6.95. The first kappa shape index (κ1) is 15.8. The van der Waals surface area contributed by atoms with Crippen LogP contribution in [0.25, 0.3) is 0 Å². The molecule has 0 bridgehead atoms. The minimum Gasteiger partial charge on any atom is -0.497 e. The van der Waals surface area contributed by atoms with Gasteiger partial charge in [0.25, 0.3) is 0 Å². The lowest BCUT2D eigenvalue weighted by Crippen LogP contribution is -2.49. The predicted octanol–water partition coefficient (Wildman–Crippen LogP) is 0.0857. The van der Waals surface area contributed by atoms with Crippen molar-refractivity contribution in [1.82, 2.24) is 10.6 Å². The van der Waals surface area contributed by atoms with Gasteiger partial charge in [0.05, 0.1) is 7.11 Å². The van der Waals surface area contributed by atoms with Gasteiger partial charge in [-0.3, -0.25) is 9.59 Å². The monoisotopic (exact) mass is 306 g/mol. The molecule has 0 radical (unpaired) electrons. The fourth-order valence-corrected chi connectivity index (χ4v) is 2.32. The second-order valence-corrected chi connectivity index (χ2v) is 5.11. The van der Waals surface area contributed by atoms with Crippen molar-refractivity contribution in [2.45, 2.75) is 31.3 Å². The van der Waals surface area contributed by atoms with Gasteiger partial charge < -0.3 is 20.5 Å². The zero-order valence-corrected chi connectivity index (χ0v) is 12.2. The van der Waals surface area contributed by atoms with Gasteiger partial charge in [-0.05, 0) is 24.1 Å². The molecule has 7 nitrogen and oxygen atoms in total. The Morgan fingerprint density at radius 3 is 2.86 bits per heavy atom. The Labute approximate surface area is 127 Å². The standard InChI is InChI=1S/C15H18N2O5/c1-22-10-4-2-3-9(7-10)8-12(15(20)21)17-14(19)11-5-6-13(18)16-11/h2-4,7,11-12H,5-6,8H2,1H3,(H,16,18)(H,17,19)(H,20,21)/t11-,12-/m1/s1. The van der Waals surface area contributed by atoms with Gasteiger partial charge in [0.15, 0.2) is 0 Å². The molecule has 0 unspecified atom stereocenters. The van der Waals surface area contributed by atoms with Crippen molar-refractivity contribution in [3.63, 3.8) is 0 Å². The summed E-state index contributed by atoms with van der Waals surface area (Å²) in [6.45, 7) is 0. The summed E-state index contributed by atoms with van der Waals surface area (Å²) in [7, 11) is 1.53. The maximum absolute atomic E-state index is 12.0. The second kappa shape index (κ2) is 6.93. The number of benzene rings is 1. The van der Waals surface area contributed by atoms with Gasteiger partial charge in [-0.15, -0.1) is 0 Å². The first-order chi connectivity index (χ1) is 10.5. The molecule has 2 rings (SSSR count). The fraction of sp³-hybridized carbons (Fsp3) is 0.400. The number of nitrogens with one attached hydrogen (secondary N) is 2. The number of carboxylic acids is 1. The van der Waals surface area contributed by atoms with E-state index in [1.807, 2.05) is 0 Å². The van der Waals surface area contributed by atoms with Crippen LogP contribution >= 0.6 is 0 Å². The Bertz CT molecular complexity index is 587. The molecule has 118 valence electrons. The van der Waals surface area contributed by atoms with Crippen LogP contribution in [0, 0.1) is 0 Å². The largest absolute Gasteiger partial charge is 0.497 e. The molecule has 1 saturated heterocycles. The summed E-state index contributed by atoms with van der Waals surface area (Å²) in [5.41, 5.74) is 0.738. The van der Waals surface area contributed by atoms with Crippen molar-refractivity contribution in [3.8, 4) is 5.75 Å². The van der Waals surface area contributed by atoms with Crippen molar-refractivity contribution in [2.24, 2.45) is 0 Å². The number of carboxylic acid groups (broad SMARTS) is 1. The van der Waals surface area contributed by atoms with Crippen molar-refractivity contribution < 1.29 is 24.2 Å². The van der Waals surface area contributed by atoms with E-state index in [-0.39, 0.29) is 18.7 Å². The molecule has 2 atom stereocenters. The van der Waals surface area contributed by atoms with Crippen molar-refractivity contribution in [1.29, 1.82) is 0 Å². The Hall–Kier alpha value is -2.57. The number of hydrogen-bond donors (Lipinski definition) is 3. The molecule has 0 aliphatic carbocycles. The van der Waals surface area contributed by atoms with E-state index in [1.165, 1.54) is 7.11 Å². The minimum atomic E-state index is -1.12. The van der Waals surface area contributed by atoms with Crippen LogP contribution in [-0.4, -0.2) is 42.1 Å². The average Bonchev–Trinajstić information content (AvgIpc) is 2.93. The lowest BCUT2D eigenvalue weighted by molar-refractivity contribution is -0.142. The number of amides is 2. The van der Waals surface area contributed by atoms with Crippen molar-refractivity contribution in [2.75, 3.05) is 7.11 Å². The Kier molecular flexibility index (Phi) is 4.98. The number of carbonyl (C=O) groups is 3. The van der Waals surface area contributed by atoms with Gasteiger partial charge in [-0.1, -0.05) is 12.1 Å². The lowest BCUT2D eigenvalue weighted by Gasteiger charge is -2.17. The molecule has 0 aromatic heterocycles. The zero-order chi connectivity index (χ0) is 16.1. The molecule has 2 amide bonds. The van der Waals surface area contributed by atoms with E-state index in [9.17, 15) is 19.5 Å². The molecule has 22 heavy (non-hydrogen) atoms. The summed E-state index contributed by atoms with van der Waals surface area (Å²) in [6, 6.07) is 5.29. The van der Waals surface area contributed by atoms with Crippen LogP contribution in [0.5, 0.6) is 5.75 Å². The number of aliphatic carboxylic acids is 1. The van der Waals surface area contributed by atoms with Crippen molar-refractivity contribution >= 4 is 17.8 Å². The summed E-state index contributed by atoms with van der Waals surface area (Å²) >= 11 is 0. The average molecular weight is 306 g/mol. The summed E-state index contributed by atoms with van der Waals surface area (Å²) < 4.78 is 5.09. The Morgan fingerprint density at radius 2 is 2.27 bits per heavy atom. The highest BCUT2D eigenvalue weighted by atomic mass is 16.5. The van der Waals surface area contributed by atoms with E-state index in [0.29, 0.717) is 12.2 Å². The highest BCUT2D eigenvalue weighted by Gasteiger charge is 2.30. The third kappa shape index (κ3) is 3.97. The fourth-order valence-electron chi connectivity index (χ4n) is 2.32. The zero-order valence-electron chi connectivity index (χ0n) is 12.2. The molecule has 3 N–H and O–H groups in total. The molecule has 1 aromatic carbocycles. The third-order valence-electron chi connectivity index (χ3n) is 3.50. The molecular weight excluding hydrogens is 288 g/mol. The molecule has 0 saturated carbocycles. The van der Waals surface area contributed by atoms with Crippen LogP contribution in [0.15, 0.2) is 24.3 Å². The van der Waals surface area contributed by atoms with E-state index in [4.69, 9.17) is 4.74 Å². The van der Waals surface area contributed by atoms with Gasteiger partial charge in [0, 0.05) is 12.8 Å². The van der Waals surface area contributed by atoms with E-state index in [1.54, 1.807) is 24.3 Å². The lowest BCUT2D eigenvalue weighted by atomic mass is 10.0. The van der Waals surface area contributed by atoms with Crippen LogP contribution < -0.4 is 15.4 Å². The van der Waals surface area contributed by atoms with E-state index in [0.717, 1.165) is 5.56 Å². The van der Waals surface area contributed by atoms with Gasteiger partial charge in [0.1, 0.15) is 17.8 Å². The quantitative estimate of drug-likeness (QED) is 0.690. The molecule has 7 heteroatoms. The predicted molar refractivity (Wildman–Crippen MR) is 77.4 cm³/mol. The number of methoxy groups -OCH3 is 1. The van der Waals surface area contributed by atoms with Crippen LogP contribution in [0.2, 0.25) is 0 Å². The normalized spacial score (nSPS) is 18.4. The maximum Gasteiger partial charge on any atom is 0.326 e. The Balaban J connectivity index is 2.01. The number of rotatable bonds is 6. The van der Waals surface area contributed by atoms with Gasteiger partial charge >= 0.3 is 5.97 Å². The van der Waals surface area contributed by atoms with E-state index < -0.39 is 24.0 Å². The van der Waals surface area contributed by atoms with Gasteiger partial charge in [-0.25, -0.2) is 4.79 Å². The van der Waals surface area contributed by atoms with E-state index in [2.05, 4.69) is 10.6 Å². The molecular formula is C15H18N2O5. The van der Waals surface area contributed by atoms with Crippen LogP contribution in [0.4, 0.5) is 0 Å². The van der Waals surface area contributed by atoms with E-state index >= 15 is 0 Å². The van der Waals surface area contributed by atoms with Gasteiger partial charge in [-0.2, -0.15) is 0 Å². The summed E-state index contributed by atoms with van der Waals surface area (Å²) in [5.74, 6) is -1.17. The first-order valence-corrected chi connectivity index (χ1v) is 6.95. The molecule has 1 aliphatic heterocycles. The highest BCUT2D eigenvalue weighted by Crippen LogP contribution is 2.14. The maximum atomic E-state index is 12.0. The van der Waals surface area contributed by atoms with Crippen LogP contribution in [0.3, 0.4) is 0 Å². The third-order valence-corrected chi connectivity index (χ3v) is 3.50. The summed E-state index contributed by atoms with van der Waals surface area (Å²) in [6.07, 6.45) is 0.806. The molecule has 1 fully saturated rings. The highest BCUT2D eigenvalue weighted by molar-refractivity contribution is 5.92. The number of carbonyl (C=O) groups excluding carboxylic acids is 2. The molecule has 1 heterocycles. The smallest absolute Gasteiger partial charge is 0.326 e. The van der Waals surface area contributed by atoms with Crippen molar-refractivity contribution in [3.05, 3.63) is 29.8 Å². The van der Waals surface area contributed by atoms with Crippen LogP contribution in [-0.2, 0) is 20.8 Å². The molecule has 1 aliphatic rings.